The summed E-state index contributed by atoms with van der Waals surface area (Å²) in [5, 5.41) is 8.84. The van der Waals surface area contributed by atoms with Crippen molar-refractivity contribution in [2.75, 3.05) is 16.8 Å². The van der Waals surface area contributed by atoms with E-state index in [0.29, 0.717) is 18.1 Å². The van der Waals surface area contributed by atoms with Crippen LogP contribution in [0.5, 0.6) is 0 Å². The Hall–Kier alpha value is -2.70. The van der Waals surface area contributed by atoms with Crippen LogP contribution in [0.3, 0.4) is 0 Å². The van der Waals surface area contributed by atoms with Crippen molar-refractivity contribution in [1.82, 2.24) is 15.2 Å². The van der Waals surface area contributed by atoms with Gasteiger partial charge in [0.25, 0.3) is 5.91 Å². The summed E-state index contributed by atoms with van der Waals surface area (Å²) in [7, 11) is 0. The van der Waals surface area contributed by atoms with E-state index in [2.05, 4.69) is 20.5 Å². The molecule has 0 radical (unpaired) electrons. The third kappa shape index (κ3) is 2.13. The molecule has 0 saturated carbocycles. The number of carbonyl (C=O) groups is 2. The molecule has 2 N–H and O–H groups in total. The Morgan fingerprint density at radius 1 is 1.40 bits per heavy atom. The van der Waals surface area contributed by atoms with E-state index in [4.69, 9.17) is 0 Å². The number of amides is 2. The van der Waals surface area contributed by atoms with E-state index in [1.807, 2.05) is 6.07 Å². The molecule has 0 unspecified atom stereocenters. The number of fused-ring (bicyclic) bond motifs is 1. The highest BCUT2D eigenvalue weighted by Gasteiger charge is 2.23. The van der Waals surface area contributed by atoms with Crippen LogP contribution in [-0.2, 0) is 11.2 Å². The van der Waals surface area contributed by atoms with Gasteiger partial charge in [0.15, 0.2) is 0 Å². The van der Waals surface area contributed by atoms with Gasteiger partial charge in [-0.3, -0.25) is 14.9 Å². The molecule has 0 atom stereocenters. The summed E-state index contributed by atoms with van der Waals surface area (Å²) in [4.78, 5) is 29.1. The minimum absolute atomic E-state index is 0.0163. The number of benzene rings is 1. The number of rotatable bonds is 2. The van der Waals surface area contributed by atoms with E-state index in [-0.39, 0.29) is 11.8 Å². The van der Waals surface area contributed by atoms with Crippen molar-refractivity contribution >= 4 is 23.5 Å². The Labute approximate surface area is 115 Å². The highest BCUT2D eigenvalue weighted by molar-refractivity contribution is 6.04. The number of hydrogen-bond donors (Lipinski definition) is 2. The molecule has 0 spiro atoms. The zero-order chi connectivity index (χ0) is 14.1. The second-order valence-corrected chi connectivity index (χ2v) is 4.55. The third-order valence-corrected chi connectivity index (χ3v) is 3.26. The number of aromatic nitrogens is 3. The van der Waals surface area contributed by atoms with Crippen LogP contribution >= 0.6 is 0 Å². The summed E-state index contributed by atoms with van der Waals surface area (Å²) in [6.45, 7) is 2.21. The van der Waals surface area contributed by atoms with Crippen LogP contribution in [0.1, 0.15) is 22.8 Å². The number of H-pyrrole nitrogens is 1. The predicted molar refractivity (Wildman–Crippen MR) is 72.5 cm³/mol. The number of hydrogen-bond acceptors (Lipinski definition) is 4. The van der Waals surface area contributed by atoms with Crippen LogP contribution in [0.4, 0.5) is 11.6 Å². The maximum Gasteiger partial charge on any atom is 0.258 e. The monoisotopic (exact) mass is 271 g/mol. The third-order valence-electron chi connectivity index (χ3n) is 3.26. The molecule has 2 heterocycles. The molecule has 1 aliphatic rings. The van der Waals surface area contributed by atoms with Crippen molar-refractivity contribution in [1.29, 1.82) is 0 Å². The summed E-state index contributed by atoms with van der Waals surface area (Å²) in [6, 6.07) is 5.31. The van der Waals surface area contributed by atoms with E-state index in [9.17, 15) is 9.59 Å². The van der Waals surface area contributed by atoms with E-state index >= 15 is 0 Å². The van der Waals surface area contributed by atoms with E-state index < -0.39 is 0 Å². The number of aromatic amines is 1. The molecule has 2 amide bonds. The molecule has 7 nitrogen and oxygen atoms in total. The first-order chi connectivity index (χ1) is 9.65. The van der Waals surface area contributed by atoms with Crippen molar-refractivity contribution in [3.05, 3.63) is 35.7 Å². The zero-order valence-corrected chi connectivity index (χ0v) is 10.9. The molecule has 2 aromatic rings. The van der Waals surface area contributed by atoms with Crippen LogP contribution in [0, 0.1) is 0 Å². The fraction of sp³-hybridized carbons (Fsp3) is 0.231. The minimum Gasteiger partial charge on any atom is -0.312 e. The lowest BCUT2D eigenvalue weighted by Gasteiger charge is -2.14. The van der Waals surface area contributed by atoms with Crippen molar-refractivity contribution in [3.63, 3.8) is 0 Å². The molecule has 20 heavy (non-hydrogen) atoms. The smallest absolute Gasteiger partial charge is 0.258 e. The van der Waals surface area contributed by atoms with Crippen molar-refractivity contribution in [2.45, 2.75) is 13.3 Å². The molecule has 1 aliphatic heterocycles. The molecule has 7 heteroatoms. The van der Waals surface area contributed by atoms with Gasteiger partial charge in [-0.25, -0.2) is 5.10 Å². The first kappa shape index (κ1) is 12.3. The Kier molecular flexibility index (Phi) is 2.94. The minimum atomic E-state index is -0.258. The molecule has 102 valence electrons. The maximum atomic E-state index is 12.0. The summed E-state index contributed by atoms with van der Waals surface area (Å²) in [6.07, 6.45) is 2.08. The predicted octanol–water partition coefficient (Wildman–Crippen LogP) is 0.966. The molecule has 0 aliphatic carbocycles. The van der Waals surface area contributed by atoms with Crippen LogP contribution in [0.25, 0.3) is 0 Å². The van der Waals surface area contributed by atoms with Crippen LogP contribution in [-0.4, -0.2) is 33.5 Å². The van der Waals surface area contributed by atoms with Crippen molar-refractivity contribution in [3.8, 4) is 0 Å². The summed E-state index contributed by atoms with van der Waals surface area (Å²) in [5.74, 6) is 0.0642. The van der Waals surface area contributed by atoms with Gasteiger partial charge in [-0.2, -0.15) is 10.1 Å². The molecule has 0 saturated heterocycles. The molecule has 0 fully saturated rings. The van der Waals surface area contributed by atoms with Gasteiger partial charge in [-0.1, -0.05) is 0 Å². The highest BCUT2D eigenvalue weighted by atomic mass is 16.2. The molecule has 1 aromatic carbocycles. The normalized spacial score (nSPS) is 13.2. The van der Waals surface area contributed by atoms with Crippen LogP contribution in [0.2, 0.25) is 0 Å². The summed E-state index contributed by atoms with van der Waals surface area (Å²) < 4.78 is 0. The average molecular weight is 271 g/mol. The van der Waals surface area contributed by atoms with Crippen LogP contribution in [0.15, 0.2) is 24.5 Å². The first-order valence-electron chi connectivity index (χ1n) is 6.23. The van der Waals surface area contributed by atoms with Crippen LogP contribution < -0.4 is 10.2 Å². The molecule has 0 bridgehead atoms. The largest absolute Gasteiger partial charge is 0.312 e. The van der Waals surface area contributed by atoms with E-state index in [1.54, 1.807) is 24.0 Å². The standard InChI is InChI=1S/C13H13N5O2/c1-8(19)18-5-4-9-6-10(2-3-11(9)18)12(20)16-13-14-7-15-17-13/h2-3,6-7H,4-5H2,1H3,(H2,14,15,16,17,20). The van der Waals surface area contributed by atoms with Gasteiger partial charge in [-0.15, -0.1) is 0 Å². The molecular formula is C13H13N5O2. The SMILES string of the molecule is CC(=O)N1CCc2cc(C(=O)Nc3ncn[nH]3)ccc21. The fourth-order valence-electron chi connectivity index (χ4n) is 2.32. The average Bonchev–Trinajstić information content (AvgIpc) is 3.06. The van der Waals surface area contributed by atoms with E-state index in [0.717, 1.165) is 17.7 Å². The summed E-state index contributed by atoms with van der Waals surface area (Å²) in [5.41, 5.74) is 2.42. The Morgan fingerprint density at radius 3 is 2.95 bits per heavy atom. The molecule has 3 rings (SSSR count). The van der Waals surface area contributed by atoms with Crippen molar-refractivity contribution < 1.29 is 9.59 Å². The maximum absolute atomic E-state index is 12.0. The van der Waals surface area contributed by atoms with Gasteiger partial charge in [0.1, 0.15) is 6.33 Å². The van der Waals surface area contributed by atoms with E-state index in [1.165, 1.54) is 6.33 Å². The number of nitrogens with zero attached hydrogens (tertiary/aromatic N) is 3. The quantitative estimate of drug-likeness (QED) is 0.851. The van der Waals surface area contributed by atoms with Gasteiger partial charge >= 0.3 is 0 Å². The lowest BCUT2D eigenvalue weighted by atomic mass is 10.1. The Morgan fingerprint density at radius 2 is 2.25 bits per heavy atom. The number of carbonyl (C=O) groups excluding carboxylic acids is 2. The Balaban J connectivity index is 1.83. The first-order valence-corrected chi connectivity index (χ1v) is 6.23. The highest BCUT2D eigenvalue weighted by Crippen LogP contribution is 2.29. The second kappa shape index (κ2) is 4.76. The number of anilines is 2. The van der Waals surface area contributed by atoms with Gasteiger partial charge in [0.05, 0.1) is 0 Å². The lowest BCUT2D eigenvalue weighted by Crippen LogP contribution is -2.25. The molecule has 1 aromatic heterocycles. The van der Waals surface area contributed by atoms with Crippen molar-refractivity contribution in [2.24, 2.45) is 0 Å². The lowest BCUT2D eigenvalue weighted by molar-refractivity contribution is -0.116. The summed E-state index contributed by atoms with van der Waals surface area (Å²) >= 11 is 0. The van der Waals surface area contributed by atoms with Gasteiger partial charge < -0.3 is 4.90 Å². The Bertz CT molecular complexity index is 665. The topological polar surface area (TPSA) is 91.0 Å². The molecular weight excluding hydrogens is 258 g/mol. The fourth-order valence-corrected chi connectivity index (χ4v) is 2.32. The zero-order valence-electron chi connectivity index (χ0n) is 10.9. The number of nitrogens with one attached hydrogen (secondary N) is 2. The van der Waals surface area contributed by atoms with Gasteiger partial charge in [-0.05, 0) is 30.2 Å². The second-order valence-electron chi connectivity index (χ2n) is 4.55. The van der Waals surface area contributed by atoms with Gasteiger partial charge in [0, 0.05) is 24.7 Å². The van der Waals surface area contributed by atoms with Gasteiger partial charge in [0.2, 0.25) is 11.9 Å².